The Balaban J connectivity index is 2.20. The first kappa shape index (κ1) is 14.5. The van der Waals surface area contributed by atoms with Gasteiger partial charge in [0.25, 0.3) is 0 Å². The Morgan fingerprint density at radius 3 is 2.58 bits per heavy atom. The van der Waals surface area contributed by atoms with Crippen LogP contribution in [0.3, 0.4) is 0 Å². The third-order valence-corrected chi connectivity index (χ3v) is 6.23. The van der Waals surface area contributed by atoms with Gasteiger partial charge in [-0.3, -0.25) is 0 Å². The summed E-state index contributed by atoms with van der Waals surface area (Å²) < 4.78 is 31.9. The van der Waals surface area contributed by atoms with Crippen LogP contribution in [0, 0.1) is 0 Å². The van der Waals surface area contributed by atoms with Gasteiger partial charge in [0.05, 0.1) is 11.3 Å². The lowest BCUT2D eigenvalue weighted by Gasteiger charge is -2.37. The van der Waals surface area contributed by atoms with Crippen molar-refractivity contribution in [3.63, 3.8) is 0 Å². The number of rotatable bonds is 3. The maximum absolute atomic E-state index is 12.6. The molecule has 0 spiro atoms. The number of nitrogens with two attached hydrogens (primary N) is 1. The predicted molar refractivity (Wildman–Crippen MR) is 70.5 cm³/mol. The predicted octanol–water partition coefficient (Wildman–Crippen LogP) is 0.0961. The van der Waals surface area contributed by atoms with Crippen LogP contribution < -0.4 is 5.73 Å². The molecule has 110 valence electrons. The van der Waals surface area contributed by atoms with Crippen molar-refractivity contribution in [2.45, 2.75) is 43.4 Å². The Labute approximate surface area is 113 Å². The summed E-state index contributed by atoms with van der Waals surface area (Å²) in [5.41, 5.74) is 5.63. The summed E-state index contributed by atoms with van der Waals surface area (Å²) in [6, 6.07) is -0.508. The van der Waals surface area contributed by atoms with Crippen LogP contribution in [0.5, 0.6) is 0 Å². The number of hydrogen-bond acceptors (Lipinski definition) is 5. The van der Waals surface area contributed by atoms with Crippen molar-refractivity contribution < 1.29 is 18.4 Å². The van der Waals surface area contributed by atoms with E-state index >= 15 is 0 Å². The largest absolute Gasteiger partial charge is 0.409 e. The highest BCUT2D eigenvalue weighted by Crippen LogP contribution is 2.27. The highest BCUT2D eigenvalue weighted by molar-refractivity contribution is 7.89. The lowest BCUT2D eigenvalue weighted by Crippen LogP contribution is -2.53. The summed E-state index contributed by atoms with van der Waals surface area (Å²) >= 11 is 0. The lowest BCUT2D eigenvalue weighted by atomic mass is 10.0. The zero-order valence-corrected chi connectivity index (χ0v) is 11.7. The molecule has 0 aliphatic carbocycles. The number of amidine groups is 1. The average Bonchev–Trinajstić information content (AvgIpc) is 2.47. The average molecular weight is 291 g/mol. The van der Waals surface area contributed by atoms with E-state index < -0.39 is 21.3 Å². The van der Waals surface area contributed by atoms with E-state index in [1.807, 2.05) is 0 Å². The zero-order valence-electron chi connectivity index (χ0n) is 10.9. The zero-order chi connectivity index (χ0) is 13.9. The van der Waals surface area contributed by atoms with E-state index in [0.29, 0.717) is 39.0 Å². The minimum absolute atomic E-state index is 0.0182. The van der Waals surface area contributed by atoms with Crippen LogP contribution in [-0.2, 0) is 14.8 Å². The summed E-state index contributed by atoms with van der Waals surface area (Å²) in [6.45, 7) is 1.40. The van der Waals surface area contributed by atoms with Crippen LogP contribution in [0.1, 0.15) is 32.1 Å². The molecule has 7 nitrogen and oxygen atoms in total. The summed E-state index contributed by atoms with van der Waals surface area (Å²) in [4.78, 5) is 0. The van der Waals surface area contributed by atoms with Crippen LogP contribution in [-0.4, -0.2) is 54.8 Å². The normalized spacial score (nSPS) is 28.4. The van der Waals surface area contributed by atoms with Crippen molar-refractivity contribution in [2.24, 2.45) is 10.9 Å². The minimum atomic E-state index is -3.41. The molecule has 0 aromatic carbocycles. The standard InChI is InChI=1S/C11H21N3O4S/c12-11(13-15)10-3-1-2-6-14(10)19(16,17)9-4-7-18-8-5-9/h9-10,15H,1-8H2,(H2,12,13). The molecule has 0 saturated carbocycles. The molecule has 19 heavy (non-hydrogen) atoms. The fourth-order valence-corrected chi connectivity index (χ4v) is 4.86. The van der Waals surface area contributed by atoms with Crippen molar-refractivity contribution in [3.8, 4) is 0 Å². The lowest BCUT2D eigenvalue weighted by molar-refractivity contribution is 0.0967. The third-order valence-electron chi connectivity index (χ3n) is 3.83. The van der Waals surface area contributed by atoms with E-state index in [0.717, 1.165) is 12.8 Å². The van der Waals surface area contributed by atoms with E-state index in [9.17, 15) is 8.42 Å². The fraction of sp³-hybridized carbons (Fsp3) is 0.909. The Morgan fingerprint density at radius 1 is 1.26 bits per heavy atom. The molecule has 2 heterocycles. The molecule has 0 aromatic rings. The molecular formula is C11H21N3O4S. The van der Waals surface area contributed by atoms with E-state index in [4.69, 9.17) is 15.7 Å². The monoisotopic (exact) mass is 291 g/mol. The van der Waals surface area contributed by atoms with Gasteiger partial charge in [0.1, 0.15) is 0 Å². The maximum atomic E-state index is 12.6. The number of hydrogen-bond donors (Lipinski definition) is 2. The summed E-state index contributed by atoms with van der Waals surface area (Å²) in [5, 5.41) is 11.4. The van der Waals surface area contributed by atoms with Crippen molar-refractivity contribution in [1.82, 2.24) is 4.31 Å². The van der Waals surface area contributed by atoms with Gasteiger partial charge in [-0.2, -0.15) is 4.31 Å². The van der Waals surface area contributed by atoms with Gasteiger partial charge < -0.3 is 15.7 Å². The maximum Gasteiger partial charge on any atom is 0.217 e. The summed E-state index contributed by atoms with van der Waals surface area (Å²) in [5.74, 6) is -0.0182. The second kappa shape index (κ2) is 6.06. The molecule has 2 aliphatic rings. The van der Waals surface area contributed by atoms with Gasteiger partial charge in [-0.25, -0.2) is 8.42 Å². The van der Waals surface area contributed by atoms with Gasteiger partial charge in [-0.15, -0.1) is 0 Å². The summed E-state index contributed by atoms with van der Waals surface area (Å²) in [7, 11) is -3.41. The summed E-state index contributed by atoms with van der Waals surface area (Å²) in [6.07, 6.45) is 3.35. The number of oxime groups is 1. The van der Waals surface area contributed by atoms with Crippen LogP contribution in [0.2, 0.25) is 0 Å². The number of piperidine rings is 1. The first-order chi connectivity index (χ1) is 9.07. The van der Waals surface area contributed by atoms with Crippen LogP contribution in [0.4, 0.5) is 0 Å². The van der Waals surface area contributed by atoms with Crippen molar-refractivity contribution in [2.75, 3.05) is 19.8 Å². The van der Waals surface area contributed by atoms with Crippen LogP contribution in [0.25, 0.3) is 0 Å². The SMILES string of the molecule is NC(=NO)C1CCCCN1S(=O)(=O)C1CCOCC1. The smallest absolute Gasteiger partial charge is 0.217 e. The van der Waals surface area contributed by atoms with Gasteiger partial charge >= 0.3 is 0 Å². The van der Waals surface area contributed by atoms with Crippen LogP contribution >= 0.6 is 0 Å². The first-order valence-electron chi connectivity index (χ1n) is 6.63. The Morgan fingerprint density at radius 2 is 1.95 bits per heavy atom. The second-order valence-electron chi connectivity index (χ2n) is 5.00. The molecule has 2 saturated heterocycles. The van der Waals surface area contributed by atoms with Crippen molar-refractivity contribution in [1.29, 1.82) is 0 Å². The van der Waals surface area contributed by atoms with Crippen molar-refractivity contribution in [3.05, 3.63) is 0 Å². The molecule has 2 aliphatic heterocycles. The molecule has 2 fully saturated rings. The second-order valence-corrected chi connectivity index (χ2v) is 7.17. The minimum Gasteiger partial charge on any atom is -0.409 e. The van der Waals surface area contributed by atoms with Gasteiger partial charge in [-0.05, 0) is 25.7 Å². The number of ether oxygens (including phenoxy) is 1. The highest BCUT2D eigenvalue weighted by atomic mass is 32.2. The quantitative estimate of drug-likeness (QED) is 0.332. The van der Waals surface area contributed by atoms with E-state index in [1.165, 1.54) is 4.31 Å². The number of nitrogens with zero attached hydrogens (tertiary/aromatic N) is 2. The molecule has 1 unspecified atom stereocenters. The molecular weight excluding hydrogens is 270 g/mol. The van der Waals surface area contributed by atoms with Gasteiger partial charge in [0.15, 0.2) is 5.84 Å². The van der Waals surface area contributed by atoms with Crippen LogP contribution in [0.15, 0.2) is 5.16 Å². The molecule has 0 aromatic heterocycles. The van der Waals surface area contributed by atoms with E-state index in [-0.39, 0.29) is 5.84 Å². The first-order valence-corrected chi connectivity index (χ1v) is 8.13. The highest BCUT2D eigenvalue weighted by Gasteiger charge is 2.40. The Hall–Kier alpha value is -0.860. The van der Waals surface area contributed by atoms with E-state index in [2.05, 4.69) is 5.16 Å². The van der Waals surface area contributed by atoms with Gasteiger partial charge in [0, 0.05) is 19.8 Å². The van der Waals surface area contributed by atoms with E-state index in [1.54, 1.807) is 0 Å². The van der Waals surface area contributed by atoms with Gasteiger partial charge in [-0.1, -0.05) is 11.6 Å². The number of sulfonamides is 1. The Kier molecular flexibility index (Phi) is 4.64. The molecule has 8 heteroatoms. The molecule has 3 N–H and O–H groups in total. The Bertz CT molecular complexity index is 431. The molecule has 0 amide bonds. The van der Waals surface area contributed by atoms with Gasteiger partial charge in [0.2, 0.25) is 10.0 Å². The molecule has 2 rings (SSSR count). The molecule has 0 bridgehead atoms. The molecule has 0 radical (unpaired) electrons. The topological polar surface area (TPSA) is 105 Å². The molecule has 1 atom stereocenters. The van der Waals surface area contributed by atoms with Crippen molar-refractivity contribution >= 4 is 15.9 Å². The fourth-order valence-electron chi connectivity index (χ4n) is 2.74. The third kappa shape index (κ3) is 3.01.